The summed E-state index contributed by atoms with van der Waals surface area (Å²) in [6, 6.07) is 10.1. The lowest BCUT2D eigenvalue weighted by Gasteiger charge is -2.37. The molecule has 2 amide bonds. The number of aryl methyl sites for hydroxylation is 1. The molecule has 0 spiro atoms. The highest BCUT2D eigenvalue weighted by Crippen LogP contribution is 2.20. The number of aromatic nitrogens is 1. The van der Waals surface area contributed by atoms with Gasteiger partial charge in [0, 0.05) is 31.1 Å². The van der Waals surface area contributed by atoms with E-state index in [0.29, 0.717) is 37.0 Å². The fourth-order valence-corrected chi connectivity index (χ4v) is 4.04. The first-order valence-corrected chi connectivity index (χ1v) is 10.7. The number of nitrogens with one attached hydrogen (secondary N) is 3. The minimum atomic E-state index is -1.16. The summed E-state index contributed by atoms with van der Waals surface area (Å²) in [6.45, 7) is 1.000. The summed E-state index contributed by atoms with van der Waals surface area (Å²) in [5.74, 6) is -2.84. The molecular weight excluding hydrogens is 434 g/mol. The molecule has 33 heavy (non-hydrogen) atoms. The topological polar surface area (TPSA) is 105 Å². The molecule has 0 unspecified atom stereocenters. The minimum absolute atomic E-state index is 0.0293. The quantitative estimate of drug-likeness (QED) is 0.501. The van der Waals surface area contributed by atoms with Crippen LogP contribution in [0.4, 0.5) is 8.78 Å². The zero-order valence-electron chi connectivity index (χ0n) is 17.8. The Hall–Kier alpha value is -3.53. The molecule has 0 bridgehead atoms. The third kappa shape index (κ3) is 4.95. The number of oxazole rings is 1. The summed E-state index contributed by atoms with van der Waals surface area (Å²) in [7, 11) is 0. The van der Waals surface area contributed by atoms with Crippen molar-refractivity contribution >= 4 is 22.9 Å². The number of nitrogens with zero attached hydrogens (tertiary/aromatic N) is 1. The van der Waals surface area contributed by atoms with Gasteiger partial charge in [0.15, 0.2) is 5.58 Å². The summed E-state index contributed by atoms with van der Waals surface area (Å²) < 4.78 is 33.6. The van der Waals surface area contributed by atoms with Gasteiger partial charge in [0.2, 0.25) is 11.8 Å². The molecule has 4 rings (SSSR count). The molecule has 1 aliphatic heterocycles. The molecule has 2 heterocycles. The SMILES string of the molecule is O=C(CCn1c(=O)oc2ccccc21)NC1(C(=O)NCc2ccc(F)cc2F)CCNCC1. The molecule has 1 aliphatic rings. The van der Waals surface area contributed by atoms with E-state index >= 15 is 0 Å². The standard InChI is InChI=1S/C23H24F2N4O4/c24-16-6-5-15(17(25)13-16)14-27-21(31)23(8-10-26-11-9-23)28-20(30)7-12-29-18-3-1-2-4-19(18)33-22(29)32/h1-6,13,26H,7-12,14H2,(H,27,31)(H,28,30). The van der Waals surface area contributed by atoms with Gasteiger partial charge < -0.3 is 20.4 Å². The average Bonchev–Trinajstić information content (AvgIpc) is 3.12. The van der Waals surface area contributed by atoms with Crippen LogP contribution in [0, 0.1) is 11.6 Å². The van der Waals surface area contributed by atoms with Gasteiger partial charge in [0.05, 0.1) is 5.52 Å². The number of amides is 2. The van der Waals surface area contributed by atoms with Crippen molar-refractivity contribution in [3.8, 4) is 0 Å². The monoisotopic (exact) mass is 458 g/mol. The van der Waals surface area contributed by atoms with E-state index in [-0.39, 0.29) is 25.1 Å². The largest absolute Gasteiger partial charge is 0.419 e. The molecule has 1 aromatic heterocycles. The van der Waals surface area contributed by atoms with Gasteiger partial charge in [-0.15, -0.1) is 0 Å². The maximum atomic E-state index is 13.9. The molecule has 174 valence electrons. The van der Waals surface area contributed by atoms with Crippen LogP contribution in [-0.2, 0) is 22.7 Å². The van der Waals surface area contributed by atoms with E-state index in [9.17, 15) is 23.2 Å². The van der Waals surface area contributed by atoms with Gasteiger partial charge in [0.25, 0.3) is 0 Å². The highest BCUT2D eigenvalue weighted by atomic mass is 19.1. The molecule has 8 nitrogen and oxygen atoms in total. The van der Waals surface area contributed by atoms with Crippen molar-refractivity contribution in [2.24, 2.45) is 0 Å². The summed E-state index contributed by atoms with van der Waals surface area (Å²) in [4.78, 5) is 37.9. The number of carbonyl (C=O) groups is 2. The van der Waals surface area contributed by atoms with Crippen LogP contribution in [0.2, 0.25) is 0 Å². The summed E-state index contributed by atoms with van der Waals surface area (Å²) in [6.07, 6.45) is 0.675. The Kier molecular flexibility index (Phi) is 6.55. The second-order valence-corrected chi connectivity index (χ2v) is 8.04. The van der Waals surface area contributed by atoms with Crippen LogP contribution >= 0.6 is 0 Å². The molecular formula is C23H24F2N4O4. The van der Waals surface area contributed by atoms with E-state index in [0.717, 1.165) is 12.1 Å². The smallest absolute Gasteiger partial charge is 0.408 e. The molecule has 3 N–H and O–H groups in total. The molecule has 0 atom stereocenters. The van der Waals surface area contributed by atoms with Crippen LogP contribution < -0.4 is 21.7 Å². The van der Waals surface area contributed by atoms with Crippen LogP contribution in [0.3, 0.4) is 0 Å². The van der Waals surface area contributed by atoms with Crippen LogP contribution in [-0.4, -0.2) is 35.0 Å². The van der Waals surface area contributed by atoms with Crippen molar-refractivity contribution in [2.75, 3.05) is 13.1 Å². The van der Waals surface area contributed by atoms with Crippen molar-refractivity contribution in [1.82, 2.24) is 20.5 Å². The third-order valence-electron chi connectivity index (χ3n) is 5.86. The Labute approximate surface area is 188 Å². The lowest BCUT2D eigenvalue weighted by atomic mass is 9.87. The summed E-state index contributed by atoms with van der Waals surface area (Å²) in [5.41, 5.74) is 0.00452. The van der Waals surface area contributed by atoms with E-state index < -0.39 is 34.7 Å². The van der Waals surface area contributed by atoms with Crippen LogP contribution in [0.1, 0.15) is 24.8 Å². The summed E-state index contributed by atoms with van der Waals surface area (Å²) in [5, 5.41) is 8.64. The van der Waals surface area contributed by atoms with Gasteiger partial charge in [-0.25, -0.2) is 13.6 Å². The van der Waals surface area contributed by atoms with Crippen LogP contribution in [0.15, 0.2) is 51.7 Å². The fraction of sp³-hybridized carbons (Fsp3) is 0.348. The Balaban J connectivity index is 1.42. The van der Waals surface area contributed by atoms with Gasteiger partial charge in [-0.05, 0) is 44.1 Å². The number of piperidine rings is 1. The fourth-order valence-electron chi connectivity index (χ4n) is 4.04. The number of benzene rings is 2. The first-order valence-electron chi connectivity index (χ1n) is 10.7. The lowest BCUT2D eigenvalue weighted by molar-refractivity contribution is -0.135. The van der Waals surface area contributed by atoms with Crippen LogP contribution in [0.5, 0.6) is 0 Å². The van der Waals surface area contributed by atoms with Gasteiger partial charge in [0.1, 0.15) is 17.2 Å². The normalized spacial score (nSPS) is 15.3. The zero-order chi connectivity index (χ0) is 23.4. The van der Waals surface area contributed by atoms with Gasteiger partial charge in [-0.1, -0.05) is 18.2 Å². The lowest BCUT2D eigenvalue weighted by Crippen LogP contribution is -2.62. The highest BCUT2D eigenvalue weighted by molar-refractivity contribution is 5.91. The Bertz CT molecular complexity index is 1230. The second kappa shape index (κ2) is 9.53. The van der Waals surface area contributed by atoms with E-state index in [1.807, 2.05) is 0 Å². The van der Waals surface area contributed by atoms with E-state index in [2.05, 4.69) is 16.0 Å². The summed E-state index contributed by atoms with van der Waals surface area (Å²) >= 11 is 0. The van der Waals surface area contributed by atoms with Gasteiger partial charge in [-0.2, -0.15) is 0 Å². The Morgan fingerprint density at radius 1 is 1.12 bits per heavy atom. The number of hydrogen-bond acceptors (Lipinski definition) is 5. The maximum absolute atomic E-state index is 13.9. The number of halogens is 2. The molecule has 1 saturated heterocycles. The van der Waals surface area contributed by atoms with Crippen molar-refractivity contribution in [1.29, 1.82) is 0 Å². The highest BCUT2D eigenvalue weighted by Gasteiger charge is 2.40. The third-order valence-corrected chi connectivity index (χ3v) is 5.86. The van der Waals surface area contributed by atoms with Crippen molar-refractivity contribution in [2.45, 2.75) is 37.9 Å². The van der Waals surface area contributed by atoms with E-state index in [1.165, 1.54) is 10.6 Å². The average molecular weight is 458 g/mol. The van der Waals surface area contributed by atoms with E-state index in [1.54, 1.807) is 24.3 Å². The molecule has 1 fully saturated rings. The molecule has 0 aliphatic carbocycles. The second-order valence-electron chi connectivity index (χ2n) is 8.04. The number of para-hydroxylation sites is 2. The van der Waals surface area contributed by atoms with Crippen LogP contribution in [0.25, 0.3) is 11.1 Å². The number of rotatable bonds is 7. The molecule has 10 heteroatoms. The Morgan fingerprint density at radius 2 is 1.88 bits per heavy atom. The van der Waals surface area contributed by atoms with Gasteiger partial charge in [-0.3, -0.25) is 14.2 Å². The predicted octanol–water partition coefficient (Wildman–Crippen LogP) is 1.82. The first kappa shape index (κ1) is 22.7. The predicted molar refractivity (Wildman–Crippen MR) is 116 cm³/mol. The molecule has 0 radical (unpaired) electrons. The number of hydrogen-bond donors (Lipinski definition) is 3. The van der Waals surface area contributed by atoms with Crippen molar-refractivity contribution < 1.29 is 22.8 Å². The molecule has 3 aromatic rings. The van der Waals surface area contributed by atoms with Gasteiger partial charge >= 0.3 is 5.76 Å². The molecule has 2 aromatic carbocycles. The van der Waals surface area contributed by atoms with Crippen molar-refractivity contribution in [3.63, 3.8) is 0 Å². The number of fused-ring (bicyclic) bond motifs is 1. The maximum Gasteiger partial charge on any atom is 0.419 e. The molecule has 0 saturated carbocycles. The van der Waals surface area contributed by atoms with E-state index in [4.69, 9.17) is 4.42 Å². The first-order chi connectivity index (χ1) is 15.9. The zero-order valence-corrected chi connectivity index (χ0v) is 17.8. The Morgan fingerprint density at radius 3 is 2.64 bits per heavy atom. The number of carbonyl (C=O) groups excluding carboxylic acids is 2. The van der Waals surface area contributed by atoms with Crippen molar-refractivity contribution in [3.05, 3.63) is 70.2 Å². The minimum Gasteiger partial charge on any atom is -0.408 e.